The third-order valence-corrected chi connectivity index (χ3v) is 12.3. The molecule has 0 radical (unpaired) electrons. The van der Waals surface area contributed by atoms with Crippen LogP contribution in [0, 0.1) is 17.3 Å². The van der Waals surface area contributed by atoms with Gasteiger partial charge in [-0.2, -0.15) is 0 Å². The predicted octanol–water partition coefficient (Wildman–Crippen LogP) is 1.72. The van der Waals surface area contributed by atoms with Crippen LogP contribution < -0.4 is 20.7 Å². The molecule has 2 aliphatic heterocycles. The van der Waals surface area contributed by atoms with Crippen LogP contribution in [0.5, 0.6) is 0 Å². The van der Waals surface area contributed by atoms with Gasteiger partial charge in [-0.1, -0.05) is 51.1 Å². The summed E-state index contributed by atoms with van der Waals surface area (Å²) < 4.78 is 27.4. The SMILES string of the molecule is C=CC1CC1(NC(=O)[C@@H]1C[C@@H](NC(=O)N2CCc3ccccc3C2)CN1C(=O)[C@@H](NC(=O)CC1CC1)C(C)(C)C)C(=O)NS(=O)(=O)C1CC1. The Hall–Kier alpha value is -3.94. The minimum Gasteiger partial charge on any atom is -0.344 e. The molecule has 2 heterocycles. The number of hydrogen-bond donors (Lipinski definition) is 4. The first-order valence-corrected chi connectivity index (χ1v) is 18.9. The number of carbonyl (C=O) groups excluding carboxylic acids is 5. The maximum Gasteiger partial charge on any atom is 0.317 e. The van der Waals surface area contributed by atoms with Crippen molar-refractivity contribution in [1.82, 2.24) is 30.5 Å². The van der Waals surface area contributed by atoms with Crippen LogP contribution in [-0.2, 0) is 42.2 Å². The average Bonchev–Trinajstić information content (AvgIpc) is 3.94. The molecule has 14 heteroatoms. The van der Waals surface area contributed by atoms with Gasteiger partial charge in [0.1, 0.15) is 17.6 Å². The van der Waals surface area contributed by atoms with Crippen LogP contribution in [0.1, 0.15) is 76.8 Å². The molecule has 4 N–H and O–H groups in total. The summed E-state index contributed by atoms with van der Waals surface area (Å²) in [5.41, 5.74) is 0.0224. The van der Waals surface area contributed by atoms with Crippen molar-refractivity contribution in [2.75, 3.05) is 13.1 Å². The molecule has 1 aromatic carbocycles. The van der Waals surface area contributed by atoms with E-state index in [0.717, 1.165) is 18.4 Å². The summed E-state index contributed by atoms with van der Waals surface area (Å²) >= 11 is 0. The first-order valence-electron chi connectivity index (χ1n) is 17.3. The van der Waals surface area contributed by atoms with Crippen molar-refractivity contribution in [1.29, 1.82) is 0 Å². The molecule has 3 aliphatic carbocycles. The van der Waals surface area contributed by atoms with Crippen LogP contribution in [0.3, 0.4) is 0 Å². The average molecular weight is 697 g/mol. The smallest absolute Gasteiger partial charge is 0.317 e. The number of sulfonamides is 1. The third-order valence-electron chi connectivity index (χ3n) is 10.5. The summed E-state index contributed by atoms with van der Waals surface area (Å²) in [6, 6.07) is 4.99. The summed E-state index contributed by atoms with van der Waals surface area (Å²) in [6.45, 7) is 10.2. The summed E-state index contributed by atoms with van der Waals surface area (Å²) in [5, 5.41) is 8.10. The number of hydrogen-bond acceptors (Lipinski definition) is 7. The number of benzene rings is 1. The van der Waals surface area contributed by atoms with Crippen molar-refractivity contribution < 1.29 is 32.4 Å². The standard InChI is InChI=1S/C35H48N6O7S/c1-5-24-18-35(24,32(45)39-49(47,48)26-12-13-26)38-30(43)27-17-25(36-33(46)40-15-14-22-8-6-7-9-23(22)19-40)20-41(27)31(44)29(34(2,3)4)37-28(42)16-21-10-11-21/h5-9,21,24-27,29H,1,10-20H2,2-4H3,(H,36,46)(H,37,42)(H,38,43)(H,39,45)/t24?,25-,27+,29-,35?/m1/s1. The first-order chi connectivity index (χ1) is 23.1. The van der Waals surface area contributed by atoms with Gasteiger partial charge >= 0.3 is 6.03 Å². The molecule has 5 atom stereocenters. The summed E-state index contributed by atoms with van der Waals surface area (Å²) in [5.74, 6) is -2.36. The van der Waals surface area contributed by atoms with Crippen molar-refractivity contribution in [3.8, 4) is 0 Å². The molecule has 4 fully saturated rings. The molecule has 1 aromatic rings. The second-order valence-electron chi connectivity index (χ2n) is 15.5. The van der Waals surface area contributed by atoms with E-state index in [0.29, 0.717) is 44.7 Å². The minimum absolute atomic E-state index is 0.0122. The molecule has 6 rings (SSSR count). The molecule has 0 aromatic heterocycles. The highest BCUT2D eigenvalue weighted by atomic mass is 32.2. The first kappa shape index (κ1) is 34.9. The summed E-state index contributed by atoms with van der Waals surface area (Å²) in [4.78, 5) is 71.4. The molecule has 2 unspecified atom stereocenters. The third kappa shape index (κ3) is 7.63. The summed E-state index contributed by atoms with van der Waals surface area (Å²) in [6.07, 6.45) is 5.65. The number of rotatable bonds is 11. The van der Waals surface area contributed by atoms with E-state index < -0.39 is 68.0 Å². The zero-order valence-electron chi connectivity index (χ0n) is 28.5. The van der Waals surface area contributed by atoms with Crippen molar-refractivity contribution in [2.24, 2.45) is 17.3 Å². The van der Waals surface area contributed by atoms with Crippen LogP contribution in [-0.4, -0.2) is 89.9 Å². The number of likely N-dealkylation sites (tertiary alicyclic amines) is 1. The van der Waals surface area contributed by atoms with Crippen LogP contribution in [0.4, 0.5) is 4.79 Å². The number of carbonyl (C=O) groups is 5. The Morgan fingerprint density at radius 2 is 1.76 bits per heavy atom. The van der Waals surface area contributed by atoms with Gasteiger partial charge in [-0.05, 0) is 67.4 Å². The Balaban J connectivity index is 1.21. The second kappa shape index (κ2) is 13.1. The maximum atomic E-state index is 14.4. The number of urea groups is 1. The Morgan fingerprint density at radius 1 is 1.06 bits per heavy atom. The zero-order valence-corrected chi connectivity index (χ0v) is 29.3. The van der Waals surface area contributed by atoms with Gasteiger partial charge in [-0.25, -0.2) is 13.2 Å². The number of amides is 6. The van der Waals surface area contributed by atoms with Crippen LogP contribution in [0.25, 0.3) is 0 Å². The predicted molar refractivity (Wildman–Crippen MR) is 181 cm³/mol. The van der Waals surface area contributed by atoms with Crippen molar-refractivity contribution in [3.05, 3.63) is 48.0 Å². The lowest BCUT2D eigenvalue weighted by Gasteiger charge is -2.36. The van der Waals surface area contributed by atoms with E-state index in [1.165, 1.54) is 16.5 Å². The van der Waals surface area contributed by atoms with Gasteiger partial charge in [-0.15, -0.1) is 6.58 Å². The van der Waals surface area contributed by atoms with E-state index in [1.807, 2.05) is 39.0 Å². The monoisotopic (exact) mass is 696 g/mol. The molecule has 0 bridgehead atoms. The van der Waals surface area contributed by atoms with E-state index >= 15 is 0 Å². The topological polar surface area (TPSA) is 174 Å². The molecule has 49 heavy (non-hydrogen) atoms. The van der Waals surface area contributed by atoms with E-state index in [4.69, 9.17) is 0 Å². The zero-order chi connectivity index (χ0) is 35.3. The number of fused-ring (bicyclic) bond motifs is 1. The van der Waals surface area contributed by atoms with Gasteiger partial charge < -0.3 is 25.8 Å². The van der Waals surface area contributed by atoms with E-state index in [2.05, 4.69) is 33.3 Å². The van der Waals surface area contributed by atoms with Gasteiger partial charge in [0.2, 0.25) is 27.7 Å². The van der Waals surface area contributed by atoms with E-state index in [-0.39, 0.29) is 31.3 Å². The van der Waals surface area contributed by atoms with Crippen molar-refractivity contribution in [2.45, 2.75) is 108 Å². The fraction of sp³-hybridized carbons (Fsp3) is 0.629. The molecule has 1 saturated heterocycles. The highest BCUT2D eigenvalue weighted by Crippen LogP contribution is 2.45. The number of nitrogens with zero attached hydrogens (tertiary/aromatic N) is 2. The molecular weight excluding hydrogens is 648 g/mol. The molecule has 6 amide bonds. The Kier molecular flexibility index (Phi) is 9.31. The second-order valence-corrected chi connectivity index (χ2v) is 17.5. The normalized spacial score (nSPS) is 27.0. The highest BCUT2D eigenvalue weighted by molar-refractivity contribution is 7.91. The van der Waals surface area contributed by atoms with Crippen LogP contribution >= 0.6 is 0 Å². The quantitative estimate of drug-likeness (QED) is 0.255. The van der Waals surface area contributed by atoms with Gasteiger partial charge in [0.25, 0.3) is 5.91 Å². The molecule has 266 valence electrons. The van der Waals surface area contributed by atoms with Gasteiger partial charge in [0, 0.05) is 32.0 Å². The fourth-order valence-corrected chi connectivity index (χ4v) is 8.37. The molecule has 3 saturated carbocycles. The van der Waals surface area contributed by atoms with Crippen molar-refractivity contribution in [3.63, 3.8) is 0 Å². The van der Waals surface area contributed by atoms with Crippen LogP contribution in [0.2, 0.25) is 0 Å². The van der Waals surface area contributed by atoms with Gasteiger partial charge in [0.15, 0.2) is 0 Å². The fourth-order valence-electron chi connectivity index (χ4n) is 7.01. The highest BCUT2D eigenvalue weighted by Gasteiger charge is 2.62. The number of nitrogens with one attached hydrogen (secondary N) is 4. The largest absolute Gasteiger partial charge is 0.344 e. The lowest BCUT2D eigenvalue weighted by Crippen LogP contribution is -2.60. The molecule has 13 nitrogen and oxygen atoms in total. The molecular formula is C35H48N6O7S. The Bertz CT molecular complexity index is 1650. The van der Waals surface area contributed by atoms with Gasteiger partial charge in [-0.3, -0.25) is 23.9 Å². The van der Waals surface area contributed by atoms with Crippen LogP contribution in [0.15, 0.2) is 36.9 Å². The van der Waals surface area contributed by atoms with E-state index in [1.54, 1.807) is 4.90 Å². The van der Waals surface area contributed by atoms with E-state index in [9.17, 15) is 32.4 Å². The Labute approximate surface area is 288 Å². The summed E-state index contributed by atoms with van der Waals surface area (Å²) in [7, 11) is -3.88. The van der Waals surface area contributed by atoms with Crippen molar-refractivity contribution >= 4 is 39.7 Å². The minimum atomic E-state index is -3.88. The molecule has 0 spiro atoms. The Morgan fingerprint density at radius 3 is 2.37 bits per heavy atom. The molecule has 5 aliphatic rings. The maximum absolute atomic E-state index is 14.4. The lowest BCUT2D eigenvalue weighted by molar-refractivity contribution is -0.144. The lowest BCUT2D eigenvalue weighted by atomic mass is 9.85. The van der Waals surface area contributed by atoms with Gasteiger partial charge in [0.05, 0.1) is 11.3 Å².